The van der Waals surface area contributed by atoms with Crippen LogP contribution in [-0.2, 0) is 16.8 Å². The first-order chi connectivity index (χ1) is 22.0. The van der Waals surface area contributed by atoms with Crippen molar-refractivity contribution in [1.29, 1.82) is 0 Å². The number of ether oxygens (including phenoxy) is 1. The Hall–Kier alpha value is -5.16. The Morgan fingerprint density at radius 3 is 2.22 bits per heavy atom. The monoisotopic (exact) mass is 620 g/mol. The number of carboxylic acid groups (broad SMARTS) is 1. The Labute approximate surface area is 267 Å². The van der Waals surface area contributed by atoms with Crippen LogP contribution in [0.1, 0.15) is 55.4 Å². The molecule has 3 amide bonds. The van der Waals surface area contributed by atoms with Gasteiger partial charge in [0.25, 0.3) is 5.91 Å². The third kappa shape index (κ3) is 5.58. The molecule has 1 N–H and O–H groups in total. The summed E-state index contributed by atoms with van der Waals surface area (Å²) < 4.78 is 5.32. The maximum atomic E-state index is 14.4. The summed E-state index contributed by atoms with van der Waals surface area (Å²) in [6, 6.07) is 21.6. The Morgan fingerprint density at radius 2 is 1.59 bits per heavy atom. The number of carbonyl (C=O) groups excluding carboxylic acids is 2. The molecule has 0 unspecified atom stereocenters. The maximum Gasteiger partial charge on any atom is 0.339 e. The van der Waals surface area contributed by atoms with Gasteiger partial charge >= 0.3 is 12.0 Å². The van der Waals surface area contributed by atoms with E-state index < -0.39 is 17.5 Å². The van der Waals surface area contributed by atoms with E-state index >= 15 is 0 Å². The second-order valence-corrected chi connectivity index (χ2v) is 12.6. The molecule has 236 valence electrons. The second-order valence-electron chi connectivity index (χ2n) is 12.6. The number of carboxylic acids is 1. The summed E-state index contributed by atoms with van der Waals surface area (Å²) in [5, 5.41) is 9.87. The molecule has 2 aromatic heterocycles. The van der Waals surface area contributed by atoms with Gasteiger partial charge in [0.1, 0.15) is 5.54 Å². The number of aromatic nitrogens is 3. The molecule has 2 aliphatic heterocycles. The van der Waals surface area contributed by atoms with Crippen LogP contribution in [0, 0.1) is 0 Å². The third-order valence-corrected chi connectivity index (χ3v) is 8.70. The number of carbonyl (C=O) groups is 3. The van der Waals surface area contributed by atoms with Gasteiger partial charge in [-0.15, -0.1) is 0 Å². The number of hydrogen-bond acceptors (Lipinski definition) is 8. The summed E-state index contributed by atoms with van der Waals surface area (Å²) in [5.41, 5.74) is 2.36. The van der Waals surface area contributed by atoms with E-state index in [-0.39, 0.29) is 41.6 Å². The van der Waals surface area contributed by atoms with E-state index in [4.69, 9.17) is 9.72 Å². The third-order valence-electron chi connectivity index (χ3n) is 8.70. The standard InChI is InChI=1S/C35H36N6O5/c1-34(2,3)28-15-14-26(30(42)43)27(37-28)22-39-20-17-35(18-21-39)31(44)40(33(45)41(35)32-36-19-16-29(38-32)46-4)25-12-10-24(11-13-25)23-8-6-5-7-9-23/h5-16,19H,17-18,20-22H2,1-4H3,(H,42,43). The molecule has 2 aliphatic rings. The molecule has 0 atom stereocenters. The number of methoxy groups -OCH3 is 1. The van der Waals surface area contributed by atoms with Crippen molar-refractivity contribution in [3.8, 4) is 17.0 Å². The highest BCUT2D eigenvalue weighted by Gasteiger charge is 2.60. The van der Waals surface area contributed by atoms with E-state index in [0.717, 1.165) is 16.8 Å². The number of amides is 3. The number of anilines is 2. The van der Waals surface area contributed by atoms with Crippen LogP contribution in [0.3, 0.4) is 0 Å². The van der Waals surface area contributed by atoms with Crippen LogP contribution in [0.25, 0.3) is 11.1 Å². The molecule has 11 nitrogen and oxygen atoms in total. The van der Waals surface area contributed by atoms with Crippen LogP contribution < -0.4 is 14.5 Å². The first kappa shape index (κ1) is 30.8. The molecule has 2 saturated heterocycles. The van der Waals surface area contributed by atoms with Crippen molar-refractivity contribution in [2.45, 2.75) is 51.1 Å². The number of benzene rings is 2. The molecule has 46 heavy (non-hydrogen) atoms. The zero-order valence-electron chi connectivity index (χ0n) is 26.3. The fraction of sp³-hybridized carbons (Fsp3) is 0.314. The predicted octanol–water partition coefficient (Wildman–Crippen LogP) is 5.55. The predicted molar refractivity (Wildman–Crippen MR) is 173 cm³/mol. The Bertz CT molecular complexity index is 1780. The van der Waals surface area contributed by atoms with Crippen LogP contribution in [0.5, 0.6) is 5.88 Å². The summed E-state index contributed by atoms with van der Waals surface area (Å²) >= 11 is 0. The minimum absolute atomic E-state index is 0.0854. The van der Waals surface area contributed by atoms with Crippen molar-refractivity contribution in [2.75, 3.05) is 30.0 Å². The van der Waals surface area contributed by atoms with Crippen LogP contribution >= 0.6 is 0 Å². The second kappa shape index (κ2) is 12.0. The molecule has 0 radical (unpaired) electrons. The minimum Gasteiger partial charge on any atom is -0.481 e. The molecule has 2 fully saturated rings. The molecule has 6 rings (SSSR count). The lowest BCUT2D eigenvalue weighted by Gasteiger charge is -2.41. The molecule has 0 aliphatic carbocycles. The zero-order valence-corrected chi connectivity index (χ0v) is 26.3. The SMILES string of the molecule is COc1ccnc(N2C(=O)N(c3ccc(-c4ccccc4)cc3)C(=O)C23CCN(Cc2nc(C(C)(C)C)ccc2C(=O)O)CC3)n1. The van der Waals surface area contributed by atoms with E-state index in [1.807, 2.05) is 63.2 Å². The summed E-state index contributed by atoms with van der Waals surface area (Å²) in [4.78, 5) is 58.9. The lowest BCUT2D eigenvalue weighted by molar-refractivity contribution is -0.123. The number of hydrogen-bond donors (Lipinski definition) is 1. The van der Waals surface area contributed by atoms with Crippen molar-refractivity contribution in [3.63, 3.8) is 0 Å². The van der Waals surface area contributed by atoms with Gasteiger partial charge in [-0.2, -0.15) is 4.98 Å². The van der Waals surface area contributed by atoms with Crippen molar-refractivity contribution in [3.05, 3.63) is 95.9 Å². The summed E-state index contributed by atoms with van der Waals surface area (Å²) in [6.45, 7) is 7.22. The Balaban J connectivity index is 1.32. The summed E-state index contributed by atoms with van der Waals surface area (Å²) in [7, 11) is 1.48. The van der Waals surface area contributed by atoms with E-state index in [1.54, 1.807) is 30.3 Å². The quantitative estimate of drug-likeness (QED) is 0.264. The van der Waals surface area contributed by atoms with Gasteiger partial charge < -0.3 is 9.84 Å². The smallest absolute Gasteiger partial charge is 0.339 e. The Kier molecular flexibility index (Phi) is 8.03. The highest BCUT2D eigenvalue weighted by Crippen LogP contribution is 2.42. The molecular formula is C35H36N6O5. The number of piperidine rings is 1. The number of imide groups is 1. The fourth-order valence-corrected chi connectivity index (χ4v) is 6.13. The molecule has 0 saturated carbocycles. The van der Waals surface area contributed by atoms with Gasteiger partial charge in [-0.05, 0) is 48.2 Å². The zero-order chi connectivity index (χ0) is 32.6. The molecule has 4 heterocycles. The molecule has 0 bridgehead atoms. The molecular weight excluding hydrogens is 584 g/mol. The van der Waals surface area contributed by atoms with Crippen LogP contribution in [0.4, 0.5) is 16.4 Å². The van der Waals surface area contributed by atoms with Gasteiger partial charge in [0, 0.05) is 43.0 Å². The van der Waals surface area contributed by atoms with Gasteiger partial charge in [-0.1, -0.05) is 63.2 Å². The first-order valence-electron chi connectivity index (χ1n) is 15.2. The number of likely N-dealkylation sites (tertiary alicyclic amines) is 1. The van der Waals surface area contributed by atoms with Crippen LogP contribution in [0.2, 0.25) is 0 Å². The van der Waals surface area contributed by atoms with E-state index in [1.165, 1.54) is 23.1 Å². The maximum absolute atomic E-state index is 14.4. The number of pyridine rings is 1. The number of nitrogens with zero attached hydrogens (tertiary/aromatic N) is 6. The molecule has 2 aromatic carbocycles. The highest BCUT2D eigenvalue weighted by molar-refractivity contribution is 6.30. The fourth-order valence-electron chi connectivity index (χ4n) is 6.13. The van der Waals surface area contributed by atoms with Crippen LogP contribution in [-0.4, -0.2) is 68.6 Å². The average Bonchev–Trinajstić information content (AvgIpc) is 3.26. The molecule has 11 heteroatoms. The van der Waals surface area contributed by atoms with Gasteiger partial charge in [-0.25, -0.2) is 24.4 Å². The van der Waals surface area contributed by atoms with Gasteiger partial charge in [0.15, 0.2) is 0 Å². The largest absolute Gasteiger partial charge is 0.481 e. The molecule has 4 aromatic rings. The van der Waals surface area contributed by atoms with E-state index in [9.17, 15) is 19.5 Å². The minimum atomic E-state index is -1.24. The molecule has 1 spiro atoms. The lowest BCUT2D eigenvalue weighted by atomic mass is 9.85. The topological polar surface area (TPSA) is 129 Å². The van der Waals surface area contributed by atoms with E-state index in [0.29, 0.717) is 31.0 Å². The number of urea groups is 1. The summed E-state index contributed by atoms with van der Waals surface area (Å²) in [5.74, 6) is -1.03. The summed E-state index contributed by atoms with van der Waals surface area (Å²) in [6.07, 6.45) is 2.08. The van der Waals surface area contributed by atoms with Gasteiger partial charge in [0.2, 0.25) is 11.8 Å². The van der Waals surface area contributed by atoms with E-state index in [2.05, 4.69) is 14.9 Å². The van der Waals surface area contributed by atoms with Gasteiger partial charge in [-0.3, -0.25) is 14.7 Å². The van der Waals surface area contributed by atoms with Crippen molar-refractivity contribution in [1.82, 2.24) is 19.9 Å². The lowest BCUT2D eigenvalue weighted by Crippen LogP contribution is -2.57. The average molecular weight is 621 g/mol. The van der Waals surface area contributed by atoms with Gasteiger partial charge in [0.05, 0.1) is 24.1 Å². The number of rotatable bonds is 7. The Morgan fingerprint density at radius 1 is 0.913 bits per heavy atom. The normalized spacial score (nSPS) is 16.7. The first-order valence-corrected chi connectivity index (χ1v) is 15.2. The van der Waals surface area contributed by atoms with Crippen molar-refractivity contribution < 1.29 is 24.2 Å². The van der Waals surface area contributed by atoms with Crippen molar-refractivity contribution >= 4 is 29.5 Å². The number of aromatic carboxylic acids is 1. The van der Waals surface area contributed by atoms with Crippen LogP contribution in [0.15, 0.2) is 79.0 Å². The van der Waals surface area contributed by atoms with Crippen molar-refractivity contribution in [2.24, 2.45) is 0 Å². The highest BCUT2D eigenvalue weighted by atomic mass is 16.5.